The van der Waals surface area contributed by atoms with Gasteiger partial charge in [-0.15, -0.1) is 0 Å². The predicted octanol–water partition coefficient (Wildman–Crippen LogP) is 4.38. The maximum atomic E-state index is 11.9. The van der Waals surface area contributed by atoms with E-state index in [4.69, 9.17) is 9.15 Å². The quantitative estimate of drug-likeness (QED) is 0.618. The zero-order valence-corrected chi connectivity index (χ0v) is 12.0. The largest absolute Gasteiger partial charge is 0.465 e. The van der Waals surface area contributed by atoms with Gasteiger partial charge < -0.3 is 9.15 Å². The highest BCUT2D eigenvalue weighted by Gasteiger charge is 2.22. The number of hydrogen-bond acceptors (Lipinski definition) is 3. The fourth-order valence-electron chi connectivity index (χ4n) is 2.19. The van der Waals surface area contributed by atoms with Crippen molar-refractivity contribution in [3.05, 3.63) is 71.2 Å². The van der Waals surface area contributed by atoms with Crippen LogP contribution in [-0.2, 0) is 9.53 Å². The van der Waals surface area contributed by atoms with Crippen molar-refractivity contribution in [3.63, 3.8) is 0 Å². The summed E-state index contributed by atoms with van der Waals surface area (Å²) in [6.45, 7) is 4.29. The molecule has 0 N–H and O–H groups in total. The highest BCUT2D eigenvalue weighted by molar-refractivity contribution is 6.04. The molecule has 0 amide bonds. The van der Waals surface area contributed by atoms with Crippen LogP contribution in [0.25, 0.3) is 11.8 Å². The molecule has 3 rings (SSSR count). The summed E-state index contributed by atoms with van der Waals surface area (Å²) in [6.07, 6.45) is 5.00. The Kier molecular flexibility index (Phi) is 3.48. The third kappa shape index (κ3) is 2.82. The van der Waals surface area contributed by atoms with Crippen molar-refractivity contribution >= 4 is 17.8 Å². The molecule has 0 spiro atoms. The monoisotopic (exact) mass is 280 g/mol. The van der Waals surface area contributed by atoms with Gasteiger partial charge in [0.2, 0.25) is 0 Å². The highest BCUT2D eigenvalue weighted by Crippen LogP contribution is 2.28. The van der Waals surface area contributed by atoms with E-state index in [1.165, 1.54) is 5.56 Å². The number of benzene rings is 1. The standard InChI is InChI=1S/C18H16O3/c1-12(2)13-5-7-14(8-6-13)17-11-15(18(19)21-17)10-16-4-3-9-20-16/h3-12H,1-2H3/b15-10+. The molecule has 21 heavy (non-hydrogen) atoms. The van der Waals surface area contributed by atoms with Crippen LogP contribution in [0, 0.1) is 0 Å². The topological polar surface area (TPSA) is 39.4 Å². The summed E-state index contributed by atoms with van der Waals surface area (Å²) in [5.41, 5.74) is 2.65. The van der Waals surface area contributed by atoms with E-state index in [2.05, 4.69) is 26.0 Å². The number of carbonyl (C=O) groups excluding carboxylic acids is 1. The molecule has 0 bridgehead atoms. The summed E-state index contributed by atoms with van der Waals surface area (Å²) in [5, 5.41) is 0. The fraction of sp³-hybridized carbons (Fsp3) is 0.167. The maximum absolute atomic E-state index is 11.9. The summed E-state index contributed by atoms with van der Waals surface area (Å²) >= 11 is 0. The number of rotatable bonds is 3. The minimum Gasteiger partial charge on any atom is -0.465 e. The van der Waals surface area contributed by atoms with Gasteiger partial charge in [0, 0.05) is 5.56 Å². The van der Waals surface area contributed by atoms with E-state index in [0.29, 0.717) is 23.0 Å². The van der Waals surface area contributed by atoms with Crippen LogP contribution in [0.3, 0.4) is 0 Å². The Bertz CT molecular complexity index is 701. The van der Waals surface area contributed by atoms with Gasteiger partial charge in [0.1, 0.15) is 11.5 Å². The van der Waals surface area contributed by atoms with Crippen LogP contribution in [-0.4, -0.2) is 5.97 Å². The fourth-order valence-corrected chi connectivity index (χ4v) is 2.19. The third-order valence-corrected chi connectivity index (χ3v) is 3.43. The van der Waals surface area contributed by atoms with Crippen LogP contribution in [0.5, 0.6) is 0 Å². The molecule has 1 aliphatic heterocycles. The molecule has 1 aromatic heterocycles. The Morgan fingerprint density at radius 3 is 2.48 bits per heavy atom. The van der Waals surface area contributed by atoms with E-state index in [9.17, 15) is 4.79 Å². The van der Waals surface area contributed by atoms with Gasteiger partial charge in [0.05, 0.1) is 11.8 Å². The summed E-state index contributed by atoms with van der Waals surface area (Å²) in [6, 6.07) is 11.6. The van der Waals surface area contributed by atoms with Crippen molar-refractivity contribution in [2.24, 2.45) is 0 Å². The normalized spacial score (nSPS) is 16.4. The van der Waals surface area contributed by atoms with E-state index in [1.807, 2.05) is 12.1 Å². The smallest absolute Gasteiger partial charge is 0.343 e. The lowest BCUT2D eigenvalue weighted by Gasteiger charge is -2.06. The molecule has 0 radical (unpaired) electrons. The molecule has 3 heteroatoms. The van der Waals surface area contributed by atoms with Crippen LogP contribution in [0.2, 0.25) is 0 Å². The first-order chi connectivity index (χ1) is 10.1. The zero-order chi connectivity index (χ0) is 14.8. The molecular formula is C18H16O3. The molecule has 0 saturated carbocycles. The summed E-state index contributed by atoms with van der Waals surface area (Å²) in [5.74, 6) is 1.34. The lowest BCUT2D eigenvalue weighted by molar-refractivity contribution is -0.130. The van der Waals surface area contributed by atoms with Crippen LogP contribution >= 0.6 is 0 Å². The van der Waals surface area contributed by atoms with Crippen molar-refractivity contribution in [1.29, 1.82) is 0 Å². The van der Waals surface area contributed by atoms with Crippen molar-refractivity contribution in [2.75, 3.05) is 0 Å². The minimum atomic E-state index is -0.352. The van der Waals surface area contributed by atoms with Crippen molar-refractivity contribution < 1.29 is 13.9 Å². The zero-order valence-electron chi connectivity index (χ0n) is 12.0. The van der Waals surface area contributed by atoms with E-state index in [0.717, 1.165) is 5.56 Å². The average molecular weight is 280 g/mol. The molecule has 0 fully saturated rings. The van der Waals surface area contributed by atoms with Crippen molar-refractivity contribution in [3.8, 4) is 0 Å². The second kappa shape index (κ2) is 5.44. The van der Waals surface area contributed by atoms with Crippen LogP contribution < -0.4 is 0 Å². The molecule has 106 valence electrons. The molecule has 2 aromatic rings. The summed E-state index contributed by atoms with van der Waals surface area (Å²) in [4.78, 5) is 11.9. The van der Waals surface area contributed by atoms with Gasteiger partial charge in [-0.3, -0.25) is 0 Å². The van der Waals surface area contributed by atoms with Crippen molar-refractivity contribution in [1.82, 2.24) is 0 Å². The van der Waals surface area contributed by atoms with Crippen LogP contribution in [0.4, 0.5) is 0 Å². The molecule has 0 atom stereocenters. The highest BCUT2D eigenvalue weighted by atomic mass is 16.5. The van der Waals surface area contributed by atoms with Gasteiger partial charge in [0.15, 0.2) is 0 Å². The van der Waals surface area contributed by atoms with Gasteiger partial charge in [-0.1, -0.05) is 38.1 Å². The SMILES string of the molecule is CC(C)c1ccc(C2=C/C(=C\c3ccco3)C(=O)O2)cc1. The average Bonchev–Trinajstić information content (AvgIpc) is 3.10. The number of hydrogen-bond donors (Lipinski definition) is 0. The van der Waals surface area contributed by atoms with E-state index in [1.54, 1.807) is 30.5 Å². The van der Waals surface area contributed by atoms with Crippen molar-refractivity contribution in [2.45, 2.75) is 19.8 Å². The Balaban J connectivity index is 1.88. The maximum Gasteiger partial charge on any atom is 0.343 e. The number of furan rings is 1. The first kappa shape index (κ1) is 13.4. The van der Waals surface area contributed by atoms with Crippen LogP contribution in [0.1, 0.15) is 36.7 Å². The Morgan fingerprint density at radius 2 is 1.86 bits per heavy atom. The molecule has 1 aliphatic rings. The number of carbonyl (C=O) groups is 1. The summed E-state index contributed by atoms with van der Waals surface area (Å²) < 4.78 is 10.5. The van der Waals surface area contributed by atoms with E-state index in [-0.39, 0.29) is 5.97 Å². The second-order valence-corrected chi connectivity index (χ2v) is 5.29. The molecule has 0 saturated heterocycles. The Hall–Kier alpha value is -2.55. The molecule has 1 aromatic carbocycles. The molecule has 3 nitrogen and oxygen atoms in total. The first-order valence-corrected chi connectivity index (χ1v) is 6.93. The van der Waals surface area contributed by atoms with E-state index < -0.39 is 0 Å². The lowest BCUT2D eigenvalue weighted by atomic mass is 10.0. The van der Waals surface area contributed by atoms with Gasteiger partial charge in [0.25, 0.3) is 0 Å². The Morgan fingerprint density at radius 1 is 1.10 bits per heavy atom. The van der Waals surface area contributed by atoms with Gasteiger partial charge in [-0.05, 0) is 35.8 Å². The third-order valence-electron chi connectivity index (χ3n) is 3.43. The van der Waals surface area contributed by atoms with E-state index >= 15 is 0 Å². The number of ether oxygens (including phenoxy) is 1. The number of esters is 1. The predicted molar refractivity (Wildman–Crippen MR) is 81.3 cm³/mol. The second-order valence-electron chi connectivity index (χ2n) is 5.29. The minimum absolute atomic E-state index is 0.352. The lowest BCUT2D eigenvalue weighted by Crippen LogP contribution is -1.97. The molecule has 2 heterocycles. The van der Waals surface area contributed by atoms with Gasteiger partial charge in [-0.25, -0.2) is 4.79 Å². The first-order valence-electron chi connectivity index (χ1n) is 6.93. The molecule has 0 unspecified atom stereocenters. The van der Waals surface area contributed by atoms with Gasteiger partial charge >= 0.3 is 5.97 Å². The Labute approximate surface area is 123 Å². The molecular weight excluding hydrogens is 264 g/mol. The number of cyclic esters (lactones) is 1. The summed E-state index contributed by atoms with van der Waals surface area (Å²) in [7, 11) is 0. The van der Waals surface area contributed by atoms with Gasteiger partial charge in [-0.2, -0.15) is 0 Å². The molecule has 0 aliphatic carbocycles. The van der Waals surface area contributed by atoms with Crippen LogP contribution in [0.15, 0.2) is 58.7 Å².